The van der Waals surface area contributed by atoms with E-state index in [9.17, 15) is 4.57 Å². The molecule has 6 heteroatoms. The molecule has 1 aromatic rings. The third-order valence-corrected chi connectivity index (χ3v) is 2.83. The average molecular weight is 251 g/mol. The van der Waals surface area contributed by atoms with Crippen molar-refractivity contribution < 1.29 is 19.1 Å². The van der Waals surface area contributed by atoms with Gasteiger partial charge < -0.3 is 14.5 Å². The van der Waals surface area contributed by atoms with Crippen molar-refractivity contribution in [3.63, 3.8) is 0 Å². The predicted octanol–water partition coefficient (Wildman–Crippen LogP) is 2.29. The Morgan fingerprint density at radius 1 is 1.27 bits per heavy atom. The molecule has 0 aliphatic rings. The number of rotatable bonds is 5. The number of halogens is 1. The van der Waals surface area contributed by atoms with Crippen LogP contribution in [-0.2, 0) is 4.57 Å². The van der Waals surface area contributed by atoms with Crippen LogP contribution in [0.1, 0.15) is 6.42 Å². The summed E-state index contributed by atoms with van der Waals surface area (Å²) < 4.78 is 15.8. The van der Waals surface area contributed by atoms with Gasteiger partial charge in [0.2, 0.25) is 0 Å². The molecule has 0 aromatic heterocycles. The first-order valence-electron chi connectivity index (χ1n) is 4.40. The van der Waals surface area contributed by atoms with Gasteiger partial charge in [-0.3, -0.25) is 4.57 Å². The highest BCUT2D eigenvalue weighted by atomic mass is 35.5. The molecule has 0 saturated heterocycles. The topological polar surface area (TPSA) is 66.8 Å². The van der Waals surface area contributed by atoms with Crippen LogP contribution in [0.25, 0.3) is 0 Å². The van der Waals surface area contributed by atoms with Crippen LogP contribution in [0, 0.1) is 0 Å². The highest BCUT2D eigenvalue weighted by molar-refractivity contribution is 7.51. The van der Waals surface area contributed by atoms with Gasteiger partial charge in [-0.15, -0.1) is 0 Å². The number of benzene rings is 1. The highest BCUT2D eigenvalue weighted by Gasteiger charge is 2.11. The highest BCUT2D eigenvalue weighted by Crippen LogP contribution is 2.34. The molecule has 0 amide bonds. The van der Waals surface area contributed by atoms with Crippen LogP contribution in [0.5, 0.6) is 5.75 Å². The van der Waals surface area contributed by atoms with Gasteiger partial charge in [0.05, 0.1) is 12.8 Å². The molecule has 0 heterocycles. The molecule has 0 radical (unpaired) electrons. The Morgan fingerprint density at radius 3 is 2.40 bits per heavy atom. The Bertz CT molecular complexity index is 346. The summed E-state index contributed by atoms with van der Waals surface area (Å²) in [6, 6.07) is 6.80. The molecule has 2 N–H and O–H groups in total. The van der Waals surface area contributed by atoms with Gasteiger partial charge in [0, 0.05) is 5.02 Å². The first kappa shape index (κ1) is 12.5. The summed E-state index contributed by atoms with van der Waals surface area (Å²) in [6.07, 6.45) is 0.174. The average Bonchev–Trinajstić information content (AvgIpc) is 2.14. The SMILES string of the molecule is O=P(O)(O)CCCOc1ccc(Cl)cc1. The maximum atomic E-state index is 10.5. The zero-order valence-electron chi connectivity index (χ0n) is 7.97. The molecule has 0 aliphatic carbocycles. The Kier molecular flexibility index (Phi) is 4.61. The van der Waals surface area contributed by atoms with Crippen LogP contribution in [0.2, 0.25) is 5.02 Å². The molecule has 0 saturated carbocycles. The molecule has 0 bridgehead atoms. The Morgan fingerprint density at radius 2 is 1.87 bits per heavy atom. The Hall–Kier alpha value is -0.540. The zero-order valence-corrected chi connectivity index (χ0v) is 9.62. The molecular formula is C9H12ClO4P. The lowest BCUT2D eigenvalue weighted by Gasteiger charge is -2.06. The third kappa shape index (κ3) is 5.80. The summed E-state index contributed by atoms with van der Waals surface area (Å²) in [5.41, 5.74) is 0. The van der Waals surface area contributed by atoms with Gasteiger partial charge in [-0.1, -0.05) is 11.6 Å². The van der Waals surface area contributed by atoms with Crippen LogP contribution in [0.4, 0.5) is 0 Å². The van der Waals surface area contributed by atoms with E-state index in [0.717, 1.165) is 0 Å². The fraction of sp³-hybridized carbons (Fsp3) is 0.333. The van der Waals surface area contributed by atoms with Gasteiger partial charge in [0.25, 0.3) is 0 Å². The standard InChI is InChI=1S/C9H12ClO4P/c10-8-2-4-9(5-3-8)14-6-1-7-15(11,12)13/h2-5H,1,6-7H2,(H2,11,12,13). The fourth-order valence-corrected chi connectivity index (χ4v) is 1.66. The smallest absolute Gasteiger partial charge is 0.325 e. The number of hydrogen-bond acceptors (Lipinski definition) is 2. The molecule has 1 rings (SSSR count). The Balaban J connectivity index is 2.26. The molecule has 0 atom stereocenters. The third-order valence-electron chi connectivity index (χ3n) is 1.68. The van der Waals surface area contributed by atoms with Crippen molar-refractivity contribution in [1.82, 2.24) is 0 Å². The normalized spacial score (nSPS) is 11.4. The number of hydrogen-bond donors (Lipinski definition) is 2. The van der Waals surface area contributed by atoms with E-state index < -0.39 is 7.60 Å². The summed E-state index contributed by atoms with van der Waals surface area (Å²) in [6.45, 7) is 0.284. The molecule has 0 fully saturated rings. The van der Waals surface area contributed by atoms with E-state index in [1.54, 1.807) is 24.3 Å². The molecule has 15 heavy (non-hydrogen) atoms. The van der Waals surface area contributed by atoms with Crippen LogP contribution >= 0.6 is 19.2 Å². The van der Waals surface area contributed by atoms with Crippen molar-refractivity contribution >= 4 is 19.2 Å². The van der Waals surface area contributed by atoms with E-state index in [0.29, 0.717) is 17.2 Å². The number of ether oxygens (including phenoxy) is 1. The summed E-state index contributed by atoms with van der Waals surface area (Å²) in [5, 5.41) is 0.623. The molecule has 0 aliphatic heterocycles. The first-order valence-corrected chi connectivity index (χ1v) is 6.58. The lowest BCUT2D eigenvalue weighted by molar-refractivity contribution is 0.309. The second-order valence-electron chi connectivity index (χ2n) is 3.04. The van der Waals surface area contributed by atoms with E-state index in [-0.39, 0.29) is 12.8 Å². The van der Waals surface area contributed by atoms with Crippen LogP contribution < -0.4 is 4.74 Å². The van der Waals surface area contributed by atoms with Crippen LogP contribution in [0.15, 0.2) is 24.3 Å². The molecule has 4 nitrogen and oxygen atoms in total. The van der Waals surface area contributed by atoms with Crippen molar-refractivity contribution in [1.29, 1.82) is 0 Å². The second kappa shape index (κ2) is 5.52. The van der Waals surface area contributed by atoms with E-state index in [2.05, 4.69) is 0 Å². The molecule has 0 unspecified atom stereocenters. The minimum atomic E-state index is -3.90. The van der Waals surface area contributed by atoms with E-state index in [1.807, 2.05) is 0 Å². The van der Waals surface area contributed by atoms with Crippen molar-refractivity contribution in [3.8, 4) is 5.75 Å². The lowest BCUT2D eigenvalue weighted by atomic mass is 10.3. The monoisotopic (exact) mass is 250 g/mol. The van der Waals surface area contributed by atoms with Crippen molar-refractivity contribution in [2.45, 2.75) is 6.42 Å². The second-order valence-corrected chi connectivity index (χ2v) is 5.26. The minimum Gasteiger partial charge on any atom is -0.494 e. The molecule has 0 spiro atoms. The quantitative estimate of drug-likeness (QED) is 0.622. The summed E-state index contributed by atoms with van der Waals surface area (Å²) in [5.74, 6) is 0.644. The van der Waals surface area contributed by atoms with Crippen LogP contribution in [-0.4, -0.2) is 22.6 Å². The Labute approximate surface area is 93.0 Å². The van der Waals surface area contributed by atoms with Gasteiger partial charge in [0.1, 0.15) is 5.75 Å². The van der Waals surface area contributed by atoms with E-state index in [1.165, 1.54) is 0 Å². The summed E-state index contributed by atoms with van der Waals surface area (Å²) in [7, 11) is -3.90. The minimum absolute atomic E-state index is 0.152. The van der Waals surface area contributed by atoms with Gasteiger partial charge in [0.15, 0.2) is 0 Å². The predicted molar refractivity (Wildman–Crippen MR) is 58.5 cm³/mol. The van der Waals surface area contributed by atoms with Gasteiger partial charge in [-0.2, -0.15) is 0 Å². The summed E-state index contributed by atoms with van der Waals surface area (Å²) in [4.78, 5) is 17.2. The molecule has 1 aromatic carbocycles. The fourth-order valence-electron chi connectivity index (χ4n) is 0.991. The maximum absolute atomic E-state index is 10.5. The first-order chi connectivity index (χ1) is 6.97. The van der Waals surface area contributed by atoms with Gasteiger partial charge >= 0.3 is 7.60 Å². The van der Waals surface area contributed by atoms with Gasteiger partial charge in [-0.25, -0.2) is 0 Å². The van der Waals surface area contributed by atoms with Gasteiger partial charge in [-0.05, 0) is 30.7 Å². The van der Waals surface area contributed by atoms with Crippen molar-refractivity contribution in [2.75, 3.05) is 12.8 Å². The largest absolute Gasteiger partial charge is 0.494 e. The molecule has 84 valence electrons. The van der Waals surface area contributed by atoms with Crippen molar-refractivity contribution in [2.24, 2.45) is 0 Å². The zero-order chi connectivity index (χ0) is 11.3. The summed E-state index contributed by atoms with van der Waals surface area (Å²) >= 11 is 5.67. The maximum Gasteiger partial charge on any atom is 0.325 e. The van der Waals surface area contributed by atoms with E-state index >= 15 is 0 Å². The lowest BCUT2D eigenvalue weighted by Crippen LogP contribution is -2.00. The van der Waals surface area contributed by atoms with E-state index in [4.69, 9.17) is 26.1 Å². The van der Waals surface area contributed by atoms with Crippen LogP contribution in [0.3, 0.4) is 0 Å². The molecular weight excluding hydrogens is 239 g/mol. The van der Waals surface area contributed by atoms with Crippen molar-refractivity contribution in [3.05, 3.63) is 29.3 Å².